The van der Waals surface area contributed by atoms with Crippen molar-refractivity contribution in [2.24, 2.45) is 0 Å². The third kappa shape index (κ3) is 3.96. The smallest absolute Gasteiger partial charge is 0.231 e. The average Bonchev–Trinajstić information content (AvgIpc) is 3.04. The minimum Gasteiger partial charge on any atom is -0.496 e. The van der Waals surface area contributed by atoms with Gasteiger partial charge >= 0.3 is 0 Å². The van der Waals surface area contributed by atoms with E-state index in [0.29, 0.717) is 33.9 Å². The molecule has 0 fully saturated rings. The topological polar surface area (TPSA) is 44.8 Å². The first-order valence-corrected chi connectivity index (χ1v) is 10.0. The highest BCUT2D eigenvalue weighted by atomic mass is 79.9. The quantitative estimate of drug-likeness (QED) is 0.424. The van der Waals surface area contributed by atoms with Crippen LogP contribution < -0.4 is 14.2 Å². The molecule has 0 aliphatic carbocycles. The molecule has 1 aliphatic heterocycles. The van der Waals surface area contributed by atoms with Gasteiger partial charge in [0.15, 0.2) is 5.76 Å². The summed E-state index contributed by atoms with van der Waals surface area (Å²) in [5.74, 6) is 1.38. The molecular formula is C24H18BrFO4. The van der Waals surface area contributed by atoms with Crippen molar-refractivity contribution < 1.29 is 23.4 Å². The van der Waals surface area contributed by atoms with Gasteiger partial charge in [0.1, 0.15) is 29.7 Å². The van der Waals surface area contributed by atoms with Gasteiger partial charge in [-0.2, -0.15) is 0 Å². The Morgan fingerprint density at radius 1 is 1.10 bits per heavy atom. The molecule has 0 unspecified atom stereocenters. The summed E-state index contributed by atoms with van der Waals surface area (Å²) >= 11 is 3.43. The van der Waals surface area contributed by atoms with Gasteiger partial charge in [-0.1, -0.05) is 28.1 Å². The number of Topliss-reactive ketones (excluding diaryl/α,β-unsaturated/α-hetero) is 1. The summed E-state index contributed by atoms with van der Waals surface area (Å²) in [7, 11) is 1.57. The summed E-state index contributed by atoms with van der Waals surface area (Å²) in [5, 5.41) is 0. The number of halogens is 2. The van der Waals surface area contributed by atoms with E-state index in [2.05, 4.69) is 15.9 Å². The molecule has 1 aliphatic rings. The van der Waals surface area contributed by atoms with Gasteiger partial charge in [0.25, 0.3) is 0 Å². The predicted octanol–water partition coefficient (Wildman–Crippen LogP) is 6.10. The molecule has 3 aromatic rings. The van der Waals surface area contributed by atoms with Crippen LogP contribution in [0.5, 0.6) is 17.2 Å². The van der Waals surface area contributed by atoms with Crippen LogP contribution >= 0.6 is 15.9 Å². The molecule has 4 rings (SSSR count). The van der Waals surface area contributed by atoms with Gasteiger partial charge in [-0.15, -0.1) is 0 Å². The maximum absolute atomic E-state index is 13.4. The Balaban J connectivity index is 1.60. The average molecular weight is 469 g/mol. The predicted molar refractivity (Wildman–Crippen MR) is 116 cm³/mol. The van der Waals surface area contributed by atoms with Gasteiger partial charge in [-0.3, -0.25) is 4.79 Å². The van der Waals surface area contributed by atoms with Crippen LogP contribution in [0.3, 0.4) is 0 Å². The van der Waals surface area contributed by atoms with Gasteiger partial charge in [0.05, 0.1) is 12.7 Å². The van der Waals surface area contributed by atoms with E-state index in [9.17, 15) is 9.18 Å². The maximum Gasteiger partial charge on any atom is 0.231 e. The number of rotatable bonds is 5. The lowest BCUT2D eigenvalue weighted by Gasteiger charge is -2.11. The van der Waals surface area contributed by atoms with E-state index in [-0.39, 0.29) is 24.0 Å². The minimum atomic E-state index is -0.312. The number of carbonyl (C=O) groups is 1. The fraction of sp³-hybridized carbons (Fsp3) is 0.125. The van der Waals surface area contributed by atoms with Crippen LogP contribution in [-0.2, 0) is 6.61 Å². The summed E-state index contributed by atoms with van der Waals surface area (Å²) in [6, 6.07) is 15.2. The van der Waals surface area contributed by atoms with E-state index in [1.165, 1.54) is 12.1 Å². The second kappa shape index (κ2) is 8.32. The van der Waals surface area contributed by atoms with Crippen LogP contribution in [-0.4, -0.2) is 12.9 Å². The van der Waals surface area contributed by atoms with Crippen LogP contribution in [0.25, 0.3) is 6.08 Å². The van der Waals surface area contributed by atoms with E-state index in [4.69, 9.17) is 14.2 Å². The number of ketones is 1. The maximum atomic E-state index is 13.4. The highest BCUT2D eigenvalue weighted by molar-refractivity contribution is 9.10. The highest BCUT2D eigenvalue weighted by Gasteiger charge is 2.30. The second-order valence-corrected chi connectivity index (χ2v) is 7.73. The molecule has 152 valence electrons. The molecule has 0 radical (unpaired) electrons. The lowest BCUT2D eigenvalue weighted by atomic mass is 10.1. The van der Waals surface area contributed by atoms with Crippen molar-refractivity contribution >= 4 is 27.8 Å². The molecule has 0 atom stereocenters. The van der Waals surface area contributed by atoms with Crippen LogP contribution in [0.2, 0.25) is 0 Å². The van der Waals surface area contributed by atoms with Crippen molar-refractivity contribution in [3.63, 3.8) is 0 Å². The fourth-order valence-electron chi connectivity index (χ4n) is 3.27. The van der Waals surface area contributed by atoms with Crippen molar-refractivity contribution in [1.82, 2.24) is 0 Å². The van der Waals surface area contributed by atoms with Crippen molar-refractivity contribution in [3.05, 3.63) is 92.9 Å². The summed E-state index contributed by atoms with van der Waals surface area (Å²) in [6.45, 7) is 2.04. The Kier molecular flexibility index (Phi) is 5.59. The number of benzene rings is 3. The zero-order valence-electron chi connectivity index (χ0n) is 16.4. The highest BCUT2D eigenvalue weighted by Crippen LogP contribution is 2.40. The number of allylic oxidation sites excluding steroid dienone is 1. The summed E-state index contributed by atoms with van der Waals surface area (Å²) in [5.41, 5.74) is 2.63. The molecule has 0 amide bonds. The van der Waals surface area contributed by atoms with E-state index in [0.717, 1.165) is 10.0 Å². The van der Waals surface area contributed by atoms with Gasteiger partial charge in [0.2, 0.25) is 5.78 Å². The molecular weight excluding hydrogens is 451 g/mol. The molecule has 30 heavy (non-hydrogen) atoms. The summed E-state index contributed by atoms with van der Waals surface area (Å²) < 4.78 is 31.3. The third-order valence-electron chi connectivity index (χ3n) is 4.80. The van der Waals surface area contributed by atoms with Crippen molar-refractivity contribution in [2.45, 2.75) is 13.5 Å². The standard InChI is InChI=1S/C24H18BrFO4/c1-14-20(29-13-15-4-3-5-18(26)10-15)9-7-19-23(27)22(30-24(14)19)12-16-11-17(25)6-8-21(16)28-2/h3-12H,13H2,1-2H3/b22-12-. The van der Waals surface area contributed by atoms with E-state index >= 15 is 0 Å². The SMILES string of the molecule is COc1ccc(Br)cc1/C=C1\Oc2c(ccc(OCc3cccc(F)c3)c2C)C1=O. The van der Waals surface area contributed by atoms with Crippen molar-refractivity contribution in [3.8, 4) is 17.2 Å². The van der Waals surface area contributed by atoms with Gasteiger partial charge in [-0.25, -0.2) is 4.39 Å². The number of carbonyl (C=O) groups excluding carboxylic acids is 1. The Bertz CT molecular complexity index is 1170. The molecule has 6 heteroatoms. The lowest BCUT2D eigenvalue weighted by molar-refractivity contribution is 0.101. The van der Waals surface area contributed by atoms with Gasteiger partial charge < -0.3 is 14.2 Å². The Morgan fingerprint density at radius 2 is 1.90 bits per heavy atom. The Morgan fingerprint density at radius 3 is 2.67 bits per heavy atom. The lowest BCUT2D eigenvalue weighted by Crippen LogP contribution is -1.99. The monoisotopic (exact) mass is 468 g/mol. The summed E-state index contributed by atoms with van der Waals surface area (Å²) in [6.07, 6.45) is 1.67. The van der Waals surface area contributed by atoms with E-state index in [1.807, 2.05) is 25.1 Å². The molecule has 3 aromatic carbocycles. The number of hydrogen-bond acceptors (Lipinski definition) is 4. The first kappa shape index (κ1) is 20.2. The first-order valence-electron chi connectivity index (χ1n) is 9.25. The zero-order chi connectivity index (χ0) is 21.3. The van der Waals surface area contributed by atoms with Crippen molar-refractivity contribution in [2.75, 3.05) is 7.11 Å². The molecule has 0 spiro atoms. The van der Waals surface area contributed by atoms with Crippen LogP contribution in [0.1, 0.15) is 27.0 Å². The summed E-state index contributed by atoms with van der Waals surface area (Å²) in [4.78, 5) is 12.8. The van der Waals surface area contributed by atoms with E-state index in [1.54, 1.807) is 37.5 Å². The Labute approximate surface area is 182 Å². The van der Waals surface area contributed by atoms with Gasteiger partial charge in [0, 0.05) is 15.6 Å². The van der Waals surface area contributed by atoms with Gasteiger partial charge in [-0.05, 0) is 61.0 Å². The zero-order valence-corrected chi connectivity index (χ0v) is 18.0. The fourth-order valence-corrected chi connectivity index (χ4v) is 3.65. The molecule has 0 saturated heterocycles. The molecule has 4 nitrogen and oxygen atoms in total. The van der Waals surface area contributed by atoms with Crippen molar-refractivity contribution in [1.29, 1.82) is 0 Å². The minimum absolute atomic E-state index is 0.202. The number of hydrogen-bond donors (Lipinski definition) is 0. The molecule has 0 N–H and O–H groups in total. The molecule has 0 saturated carbocycles. The van der Waals surface area contributed by atoms with E-state index < -0.39 is 0 Å². The number of methoxy groups -OCH3 is 1. The number of fused-ring (bicyclic) bond motifs is 1. The molecule has 0 aromatic heterocycles. The first-order chi connectivity index (χ1) is 14.5. The normalized spacial score (nSPS) is 13.9. The second-order valence-electron chi connectivity index (χ2n) is 6.81. The molecule has 1 heterocycles. The third-order valence-corrected chi connectivity index (χ3v) is 5.29. The van der Waals surface area contributed by atoms with Crippen LogP contribution in [0, 0.1) is 12.7 Å². The Hall–Kier alpha value is -3.12. The van der Waals surface area contributed by atoms with Crippen LogP contribution in [0.15, 0.2) is 64.8 Å². The number of ether oxygens (including phenoxy) is 3. The van der Waals surface area contributed by atoms with Crippen LogP contribution in [0.4, 0.5) is 4.39 Å². The molecule has 0 bridgehead atoms. The largest absolute Gasteiger partial charge is 0.496 e.